The molecule has 0 bridgehead atoms. The minimum atomic E-state index is 0.0208. The zero-order valence-corrected chi connectivity index (χ0v) is 12.5. The van der Waals surface area contributed by atoms with E-state index in [1.54, 1.807) is 0 Å². The molecule has 2 atom stereocenters. The monoisotopic (exact) mass is 270 g/mol. The van der Waals surface area contributed by atoms with Gasteiger partial charge in [-0.1, -0.05) is 26.7 Å². The standard InChI is InChI=1S/C15H30N2O2/c1-12(2)8-13(10-16)9-15(19)17-7-5-3-4-6-14(17)11-18/h12-14,18H,3-11,16H2,1-2H3. The van der Waals surface area contributed by atoms with E-state index in [-0.39, 0.29) is 24.5 Å². The summed E-state index contributed by atoms with van der Waals surface area (Å²) < 4.78 is 0. The molecule has 1 fully saturated rings. The first kappa shape index (κ1) is 16.4. The minimum absolute atomic E-state index is 0.0208. The van der Waals surface area contributed by atoms with Crippen molar-refractivity contribution >= 4 is 5.91 Å². The van der Waals surface area contributed by atoms with Crippen LogP contribution in [0.2, 0.25) is 0 Å². The third-order valence-electron chi connectivity index (χ3n) is 4.01. The predicted molar refractivity (Wildman–Crippen MR) is 77.7 cm³/mol. The Morgan fingerprint density at radius 2 is 2.11 bits per heavy atom. The topological polar surface area (TPSA) is 66.6 Å². The molecule has 0 aliphatic carbocycles. The van der Waals surface area contributed by atoms with Crippen molar-refractivity contribution in [3.05, 3.63) is 0 Å². The van der Waals surface area contributed by atoms with E-state index >= 15 is 0 Å². The average molecular weight is 270 g/mol. The molecule has 1 aliphatic heterocycles. The van der Waals surface area contributed by atoms with E-state index in [1.807, 2.05) is 4.90 Å². The van der Waals surface area contributed by atoms with Gasteiger partial charge in [-0.25, -0.2) is 0 Å². The second-order valence-electron chi connectivity index (χ2n) is 6.21. The van der Waals surface area contributed by atoms with Crippen molar-refractivity contribution in [3.63, 3.8) is 0 Å². The van der Waals surface area contributed by atoms with E-state index in [2.05, 4.69) is 13.8 Å². The molecule has 0 aromatic rings. The summed E-state index contributed by atoms with van der Waals surface area (Å²) in [5, 5.41) is 9.45. The van der Waals surface area contributed by atoms with Gasteiger partial charge in [-0.15, -0.1) is 0 Å². The van der Waals surface area contributed by atoms with Crippen molar-refractivity contribution in [1.29, 1.82) is 0 Å². The molecular formula is C15H30N2O2. The van der Waals surface area contributed by atoms with Crippen molar-refractivity contribution in [1.82, 2.24) is 4.90 Å². The molecule has 1 aliphatic rings. The van der Waals surface area contributed by atoms with Crippen molar-refractivity contribution in [2.45, 2.75) is 58.4 Å². The van der Waals surface area contributed by atoms with Crippen LogP contribution in [-0.2, 0) is 4.79 Å². The molecular weight excluding hydrogens is 240 g/mol. The fourth-order valence-electron chi connectivity index (χ4n) is 2.99. The fourth-order valence-corrected chi connectivity index (χ4v) is 2.99. The zero-order chi connectivity index (χ0) is 14.3. The number of rotatable bonds is 6. The lowest BCUT2D eigenvalue weighted by molar-refractivity contribution is -0.135. The van der Waals surface area contributed by atoms with Crippen LogP contribution in [0, 0.1) is 11.8 Å². The van der Waals surface area contributed by atoms with Gasteiger partial charge in [0, 0.05) is 13.0 Å². The number of aliphatic hydroxyl groups is 1. The first-order valence-electron chi connectivity index (χ1n) is 7.68. The fraction of sp³-hybridized carbons (Fsp3) is 0.933. The van der Waals surface area contributed by atoms with Gasteiger partial charge in [0.2, 0.25) is 5.91 Å². The third-order valence-corrected chi connectivity index (χ3v) is 4.01. The van der Waals surface area contributed by atoms with E-state index < -0.39 is 0 Å². The smallest absolute Gasteiger partial charge is 0.223 e. The summed E-state index contributed by atoms with van der Waals surface area (Å²) in [5.41, 5.74) is 5.78. The Morgan fingerprint density at radius 3 is 2.68 bits per heavy atom. The minimum Gasteiger partial charge on any atom is -0.394 e. The summed E-state index contributed by atoms with van der Waals surface area (Å²) in [6.07, 6.45) is 5.79. The summed E-state index contributed by atoms with van der Waals surface area (Å²) in [6.45, 7) is 5.78. The summed E-state index contributed by atoms with van der Waals surface area (Å²) in [7, 11) is 0. The SMILES string of the molecule is CC(C)CC(CN)CC(=O)N1CCCCCC1CO. The first-order chi connectivity index (χ1) is 9.08. The van der Waals surface area contributed by atoms with Gasteiger partial charge < -0.3 is 15.7 Å². The molecule has 0 radical (unpaired) electrons. The second-order valence-corrected chi connectivity index (χ2v) is 6.21. The molecule has 0 aromatic carbocycles. The highest BCUT2D eigenvalue weighted by molar-refractivity contribution is 5.76. The van der Waals surface area contributed by atoms with E-state index in [1.165, 1.54) is 0 Å². The number of hydrogen-bond donors (Lipinski definition) is 2. The van der Waals surface area contributed by atoms with Gasteiger partial charge in [0.1, 0.15) is 0 Å². The Balaban J connectivity index is 2.57. The van der Waals surface area contributed by atoms with Crippen LogP contribution in [0.3, 0.4) is 0 Å². The molecule has 2 unspecified atom stereocenters. The highest BCUT2D eigenvalue weighted by Crippen LogP contribution is 2.21. The van der Waals surface area contributed by atoms with Gasteiger partial charge in [0.05, 0.1) is 12.6 Å². The first-order valence-corrected chi connectivity index (χ1v) is 7.68. The summed E-state index contributed by atoms with van der Waals surface area (Å²) in [5.74, 6) is 1.02. The number of likely N-dealkylation sites (tertiary alicyclic amines) is 1. The van der Waals surface area contributed by atoms with Crippen LogP contribution in [0.15, 0.2) is 0 Å². The molecule has 4 heteroatoms. The molecule has 1 saturated heterocycles. The lowest BCUT2D eigenvalue weighted by Gasteiger charge is -2.30. The van der Waals surface area contributed by atoms with Crippen LogP contribution in [0.5, 0.6) is 0 Å². The zero-order valence-electron chi connectivity index (χ0n) is 12.5. The van der Waals surface area contributed by atoms with Gasteiger partial charge >= 0.3 is 0 Å². The third kappa shape index (κ3) is 5.49. The van der Waals surface area contributed by atoms with Crippen LogP contribution in [0.1, 0.15) is 52.4 Å². The van der Waals surface area contributed by atoms with Crippen molar-refractivity contribution < 1.29 is 9.90 Å². The summed E-state index contributed by atoms with van der Waals surface area (Å²) in [4.78, 5) is 14.3. The van der Waals surface area contributed by atoms with Crippen molar-refractivity contribution in [2.75, 3.05) is 19.7 Å². The lowest BCUT2D eigenvalue weighted by Crippen LogP contribution is -2.43. The van der Waals surface area contributed by atoms with Crippen LogP contribution in [-0.4, -0.2) is 41.7 Å². The molecule has 0 aromatic heterocycles. The molecule has 0 saturated carbocycles. The lowest BCUT2D eigenvalue weighted by atomic mass is 9.93. The highest BCUT2D eigenvalue weighted by atomic mass is 16.3. The van der Waals surface area contributed by atoms with Crippen molar-refractivity contribution in [3.8, 4) is 0 Å². The Hall–Kier alpha value is -0.610. The highest BCUT2D eigenvalue weighted by Gasteiger charge is 2.26. The van der Waals surface area contributed by atoms with E-state index in [4.69, 9.17) is 5.73 Å². The average Bonchev–Trinajstić information content (AvgIpc) is 2.62. The normalized spacial score (nSPS) is 22.4. The Morgan fingerprint density at radius 1 is 1.37 bits per heavy atom. The van der Waals surface area contributed by atoms with Gasteiger partial charge in [-0.2, -0.15) is 0 Å². The second kappa shape index (κ2) is 8.54. The molecule has 1 heterocycles. The quantitative estimate of drug-likeness (QED) is 0.773. The number of carbonyl (C=O) groups excluding carboxylic acids is 1. The Bertz CT molecular complexity index is 269. The van der Waals surface area contributed by atoms with Crippen LogP contribution in [0.4, 0.5) is 0 Å². The van der Waals surface area contributed by atoms with Gasteiger partial charge in [0.25, 0.3) is 0 Å². The number of nitrogens with zero attached hydrogens (tertiary/aromatic N) is 1. The maximum absolute atomic E-state index is 12.4. The molecule has 0 spiro atoms. The molecule has 112 valence electrons. The number of amides is 1. The molecule has 19 heavy (non-hydrogen) atoms. The van der Waals surface area contributed by atoms with E-state index in [0.717, 1.165) is 38.6 Å². The largest absolute Gasteiger partial charge is 0.394 e. The molecule has 1 rings (SSSR count). The Labute approximate surface area is 117 Å². The molecule has 4 nitrogen and oxygen atoms in total. The summed E-state index contributed by atoms with van der Waals surface area (Å²) >= 11 is 0. The van der Waals surface area contributed by atoms with Crippen LogP contribution in [0.25, 0.3) is 0 Å². The number of aliphatic hydroxyl groups excluding tert-OH is 1. The van der Waals surface area contributed by atoms with Gasteiger partial charge in [-0.05, 0) is 37.6 Å². The number of carbonyl (C=O) groups is 1. The summed E-state index contributed by atoms with van der Waals surface area (Å²) in [6, 6.07) is 0.0208. The van der Waals surface area contributed by atoms with Gasteiger partial charge in [-0.3, -0.25) is 4.79 Å². The van der Waals surface area contributed by atoms with Crippen molar-refractivity contribution in [2.24, 2.45) is 17.6 Å². The van der Waals surface area contributed by atoms with Crippen LogP contribution < -0.4 is 5.73 Å². The predicted octanol–water partition coefficient (Wildman–Crippen LogP) is 1.76. The van der Waals surface area contributed by atoms with E-state index in [0.29, 0.717) is 18.9 Å². The maximum Gasteiger partial charge on any atom is 0.223 e. The number of nitrogens with two attached hydrogens (primary N) is 1. The molecule has 1 amide bonds. The van der Waals surface area contributed by atoms with Gasteiger partial charge in [0.15, 0.2) is 0 Å². The molecule has 3 N–H and O–H groups in total. The maximum atomic E-state index is 12.4. The van der Waals surface area contributed by atoms with Crippen LogP contribution >= 0.6 is 0 Å². The number of hydrogen-bond acceptors (Lipinski definition) is 3. The Kier molecular flexibility index (Phi) is 7.39. The van der Waals surface area contributed by atoms with E-state index in [9.17, 15) is 9.90 Å².